The van der Waals surface area contributed by atoms with Crippen LogP contribution in [0.2, 0.25) is 0 Å². The van der Waals surface area contributed by atoms with Gasteiger partial charge in [0.2, 0.25) is 0 Å². The van der Waals surface area contributed by atoms with Crippen molar-refractivity contribution in [2.24, 2.45) is 0 Å². The highest BCUT2D eigenvalue weighted by molar-refractivity contribution is 7.90. The molecule has 2 heterocycles. The number of hydrogen-bond acceptors (Lipinski definition) is 4. The summed E-state index contributed by atoms with van der Waals surface area (Å²) in [6.07, 6.45) is 0.623. The molecular formula is C7H8N2O3S. The third-order valence-electron chi connectivity index (χ3n) is 1.98. The van der Waals surface area contributed by atoms with Crippen molar-refractivity contribution in [2.75, 3.05) is 5.75 Å². The fourth-order valence-electron chi connectivity index (χ4n) is 1.37. The topological polar surface area (TPSA) is 69.0 Å². The molecule has 0 radical (unpaired) electrons. The summed E-state index contributed by atoms with van der Waals surface area (Å²) in [5, 5.41) is 3.92. The van der Waals surface area contributed by atoms with Gasteiger partial charge >= 0.3 is 0 Å². The molecule has 0 saturated heterocycles. The molecule has 0 atom stereocenters. The number of hydrogen-bond donors (Lipinski definition) is 0. The summed E-state index contributed by atoms with van der Waals surface area (Å²) in [4.78, 5) is 10.4. The van der Waals surface area contributed by atoms with Crippen LogP contribution in [0.4, 0.5) is 0 Å². The van der Waals surface area contributed by atoms with Crippen molar-refractivity contribution in [1.82, 2.24) is 9.78 Å². The Balaban J connectivity index is 2.46. The van der Waals surface area contributed by atoms with Crippen LogP contribution in [0.1, 0.15) is 16.2 Å². The van der Waals surface area contributed by atoms with E-state index in [1.54, 1.807) is 4.68 Å². The highest BCUT2D eigenvalue weighted by atomic mass is 32.2. The molecule has 5 nitrogen and oxygen atoms in total. The monoisotopic (exact) mass is 200 g/mol. The molecule has 0 aromatic carbocycles. The van der Waals surface area contributed by atoms with Gasteiger partial charge in [0.05, 0.1) is 23.7 Å². The lowest BCUT2D eigenvalue weighted by molar-refractivity contribution is 0.111. The van der Waals surface area contributed by atoms with E-state index in [1.165, 1.54) is 6.07 Å². The van der Waals surface area contributed by atoms with Gasteiger partial charge in [-0.05, 0) is 6.07 Å². The molecule has 1 aliphatic rings. The molecule has 0 fully saturated rings. The molecular weight excluding hydrogens is 192 g/mol. The Hall–Kier alpha value is -1.17. The van der Waals surface area contributed by atoms with Crippen LogP contribution in [-0.4, -0.2) is 30.2 Å². The van der Waals surface area contributed by atoms with Gasteiger partial charge in [0, 0.05) is 0 Å². The fourth-order valence-corrected chi connectivity index (χ4v) is 2.65. The normalized spacial score (nSPS) is 19.4. The minimum Gasteiger partial charge on any atom is -0.296 e. The second-order valence-electron chi connectivity index (χ2n) is 2.99. The van der Waals surface area contributed by atoms with Crippen molar-refractivity contribution >= 4 is 16.1 Å². The lowest BCUT2D eigenvalue weighted by atomic mass is 10.4. The zero-order valence-corrected chi connectivity index (χ0v) is 7.62. The van der Waals surface area contributed by atoms with E-state index in [-0.39, 0.29) is 11.5 Å². The van der Waals surface area contributed by atoms with E-state index in [4.69, 9.17) is 0 Å². The Labute approximate surface area is 75.3 Å². The highest BCUT2D eigenvalue weighted by Crippen LogP contribution is 2.14. The number of carbonyl (C=O) groups is 1. The maximum atomic E-state index is 11.2. The van der Waals surface area contributed by atoms with Gasteiger partial charge in [-0.1, -0.05) is 0 Å². The largest absolute Gasteiger partial charge is 0.296 e. The zero-order valence-electron chi connectivity index (χ0n) is 6.80. The third-order valence-corrected chi connectivity index (χ3v) is 3.53. The Morgan fingerprint density at radius 3 is 3.00 bits per heavy atom. The number of carbonyl (C=O) groups excluding carboxylic acids is 1. The van der Waals surface area contributed by atoms with Crippen molar-refractivity contribution in [2.45, 2.75) is 12.3 Å². The van der Waals surface area contributed by atoms with E-state index < -0.39 is 9.84 Å². The third kappa shape index (κ3) is 1.49. The first-order chi connectivity index (χ1) is 6.11. The molecule has 2 rings (SSSR count). The van der Waals surface area contributed by atoms with Crippen LogP contribution in [0.25, 0.3) is 0 Å². The molecule has 70 valence electrons. The molecule has 0 spiro atoms. The van der Waals surface area contributed by atoms with Gasteiger partial charge in [0.1, 0.15) is 5.69 Å². The number of aromatic nitrogens is 2. The molecule has 0 saturated carbocycles. The lowest BCUT2D eigenvalue weighted by Crippen LogP contribution is -2.24. The summed E-state index contributed by atoms with van der Waals surface area (Å²) in [7, 11) is -2.97. The van der Waals surface area contributed by atoms with Crippen molar-refractivity contribution in [3.63, 3.8) is 0 Å². The van der Waals surface area contributed by atoms with E-state index in [0.29, 0.717) is 24.2 Å². The smallest absolute Gasteiger partial charge is 0.170 e. The van der Waals surface area contributed by atoms with E-state index in [1.807, 2.05) is 0 Å². The van der Waals surface area contributed by atoms with E-state index in [2.05, 4.69) is 5.10 Å². The average molecular weight is 200 g/mol. The number of sulfone groups is 1. The van der Waals surface area contributed by atoms with Crippen LogP contribution in [-0.2, 0) is 22.1 Å². The molecule has 0 aliphatic carbocycles. The van der Waals surface area contributed by atoms with Gasteiger partial charge in [0.25, 0.3) is 0 Å². The SMILES string of the molecule is O=Cc1cc2n(n1)CCS(=O)(=O)C2. The van der Waals surface area contributed by atoms with Crippen LogP contribution in [0, 0.1) is 0 Å². The van der Waals surface area contributed by atoms with Gasteiger partial charge in [-0.15, -0.1) is 0 Å². The van der Waals surface area contributed by atoms with E-state index in [0.717, 1.165) is 0 Å². The standard InChI is InChI=1S/C7H8N2O3S/c10-4-6-3-7-5-13(11,12)2-1-9(7)8-6/h3-4H,1-2,5H2. The molecule has 0 amide bonds. The summed E-state index contributed by atoms with van der Waals surface area (Å²) in [6.45, 7) is 0.353. The second kappa shape index (κ2) is 2.66. The average Bonchev–Trinajstić information content (AvgIpc) is 2.44. The molecule has 0 unspecified atom stereocenters. The van der Waals surface area contributed by atoms with Crippen LogP contribution in [0.3, 0.4) is 0 Å². The van der Waals surface area contributed by atoms with Crippen LogP contribution >= 0.6 is 0 Å². The first kappa shape index (κ1) is 8.43. The summed E-state index contributed by atoms with van der Waals surface area (Å²) in [5.74, 6) is 0.105. The first-order valence-corrected chi connectivity index (χ1v) is 5.65. The maximum absolute atomic E-state index is 11.2. The highest BCUT2D eigenvalue weighted by Gasteiger charge is 2.22. The summed E-state index contributed by atoms with van der Waals surface area (Å²) in [6, 6.07) is 1.52. The van der Waals surface area contributed by atoms with Crippen LogP contribution < -0.4 is 0 Å². The van der Waals surface area contributed by atoms with Gasteiger partial charge in [-0.2, -0.15) is 5.10 Å². The van der Waals surface area contributed by atoms with Crippen LogP contribution in [0.15, 0.2) is 6.07 Å². The number of aryl methyl sites for hydroxylation is 1. The molecule has 1 aromatic heterocycles. The van der Waals surface area contributed by atoms with Gasteiger partial charge in [-0.3, -0.25) is 9.48 Å². The van der Waals surface area contributed by atoms with Gasteiger partial charge in [0.15, 0.2) is 16.1 Å². The van der Waals surface area contributed by atoms with Crippen LogP contribution in [0.5, 0.6) is 0 Å². The van der Waals surface area contributed by atoms with Crippen molar-refractivity contribution in [3.05, 3.63) is 17.5 Å². The van der Waals surface area contributed by atoms with E-state index in [9.17, 15) is 13.2 Å². The minimum absolute atomic E-state index is 0.00611. The number of rotatable bonds is 1. The molecule has 1 aromatic rings. The Morgan fingerprint density at radius 1 is 1.54 bits per heavy atom. The van der Waals surface area contributed by atoms with Gasteiger partial charge in [-0.25, -0.2) is 8.42 Å². The molecule has 0 bridgehead atoms. The van der Waals surface area contributed by atoms with Crippen molar-refractivity contribution in [3.8, 4) is 0 Å². The van der Waals surface area contributed by atoms with Gasteiger partial charge < -0.3 is 0 Å². The summed E-state index contributed by atoms with van der Waals surface area (Å²) in [5.41, 5.74) is 0.903. The molecule has 6 heteroatoms. The first-order valence-electron chi connectivity index (χ1n) is 3.83. The predicted molar refractivity (Wildman–Crippen MR) is 45.1 cm³/mol. The predicted octanol–water partition coefficient (Wildman–Crippen LogP) is -0.376. The molecule has 1 aliphatic heterocycles. The Morgan fingerprint density at radius 2 is 2.31 bits per heavy atom. The molecule has 0 N–H and O–H groups in total. The minimum atomic E-state index is -2.97. The Kier molecular flexibility index (Phi) is 1.73. The number of aldehydes is 1. The quantitative estimate of drug-likeness (QED) is 0.580. The molecule has 13 heavy (non-hydrogen) atoms. The fraction of sp³-hybridized carbons (Fsp3) is 0.429. The number of fused-ring (bicyclic) bond motifs is 1. The van der Waals surface area contributed by atoms with Crippen molar-refractivity contribution in [1.29, 1.82) is 0 Å². The lowest BCUT2D eigenvalue weighted by Gasteiger charge is -2.13. The van der Waals surface area contributed by atoms with Crippen molar-refractivity contribution < 1.29 is 13.2 Å². The summed E-state index contributed by atoms with van der Waals surface area (Å²) >= 11 is 0. The summed E-state index contributed by atoms with van der Waals surface area (Å²) < 4.78 is 23.9. The second-order valence-corrected chi connectivity index (χ2v) is 5.18. The van der Waals surface area contributed by atoms with E-state index >= 15 is 0 Å². The maximum Gasteiger partial charge on any atom is 0.170 e. The number of nitrogens with zero attached hydrogens (tertiary/aromatic N) is 2. The Bertz CT molecular complexity index is 446. The zero-order chi connectivity index (χ0) is 9.47.